The molecule has 0 atom stereocenters. The second-order valence-corrected chi connectivity index (χ2v) is 7.69. The van der Waals surface area contributed by atoms with Gasteiger partial charge in [0.25, 0.3) is 0 Å². The lowest BCUT2D eigenvalue weighted by atomic mass is 9.96. The van der Waals surface area contributed by atoms with Crippen LogP contribution >= 0.6 is 11.3 Å². The van der Waals surface area contributed by atoms with Crippen molar-refractivity contribution in [2.24, 2.45) is 5.41 Å². The molecule has 0 fully saturated rings. The number of rotatable bonds is 5. The average Bonchev–Trinajstić information content (AvgIpc) is 2.94. The summed E-state index contributed by atoms with van der Waals surface area (Å²) in [6.45, 7) is 6.90. The van der Waals surface area contributed by atoms with Crippen LogP contribution in [0.2, 0.25) is 0 Å². The van der Waals surface area contributed by atoms with Crippen LogP contribution in [0.15, 0.2) is 29.6 Å². The fraction of sp³-hybridized carbons (Fsp3) is 0.333. The van der Waals surface area contributed by atoms with Crippen LogP contribution in [0.4, 0.5) is 16.5 Å². The lowest BCUT2D eigenvalue weighted by Crippen LogP contribution is -2.27. The zero-order chi connectivity index (χ0) is 19.3. The van der Waals surface area contributed by atoms with Crippen molar-refractivity contribution in [1.82, 2.24) is 4.98 Å². The van der Waals surface area contributed by atoms with Crippen LogP contribution in [-0.2, 0) is 20.8 Å². The molecular formula is C18H22N4O3S. The van der Waals surface area contributed by atoms with Crippen LogP contribution < -0.4 is 16.0 Å². The molecule has 1 aromatic carbocycles. The molecular weight excluding hydrogens is 352 g/mol. The van der Waals surface area contributed by atoms with Gasteiger partial charge >= 0.3 is 0 Å². The third-order valence-corrected chi connectivity index (χ3v) is 4.09. The molecule has 2 rings (SSSR count). The Kier molecular flexibility index (Phi) is 6.10. The average molecular weight is 374 g/mol. The maximum atomic E-state index is 12.1. The monoisotopic (exact) mass is 374 g/mol. The number of carbonyl (C=O) groups excluding carboxylic acids is 3. The molecule has 0 aliphatic rings. The predicted molar refractivity (Wildman–Crippen MR) is 103 cm³/mol. The molecule has 0 aliphatic carbocycles. The number of thiazole rings is 1. The molecule has 0 saturated carbocycles. The number of hydrogen-bond acceptors (Lipinski definition) is 5. The molecule has 1 heterocycles. The molecule has 0 bridgehead atoms. The van der Waals surface area contributed by atoms with E-state index in [1.54, 1.807) is 29.6 Å². The Labute approximate surface area is 156 Å². The van der Waals surface area contributed by atoms with Crippen molar-refractivity contribution in [2.75, 3.05) is 16.0 Å². The minimum Gasteiger partial charge on any atom is -0.326 e. The van der Waals surface area contributed by atoms with Crippen molar-refractivity contribution >= 4 is 45.6 Å². The van der Waals surface area contributed by atoms with Gasteiger partial charge in [0.15, 0.2) is 5.13 Å². The summed E-state index contributed by atoms with van der Waals surface area (Å²) in [6, 6.07) is 6.83. The van der Waals surface area contributed by atoms with E-state index >= 15 is 0 Å². The van der Waals surface area contributed by atoms with E-state index in [1.165, 1.54) is 18.3 Å². The van der Waals surface area contributed by atoms with Gasteiger partial charge in [0, 0.05) is 29.1 Å². The van der Waals surface area contributed by atoms with Crippen LogP contribution in [0.3, 0.4) is 0 Å². The first kappa shape index (κ1) is 19.6. The first-order valence-electron chi connectivity index (χ1n) is 8.07. The maximum absolute atomic E-state index is 12.1. The summed E-state index contributed by atoms with van der Waals surface area (Å²) in [6.07, 6.45) is 0.106. The molecule has 3 N–H and O–H groups in total. The molecule has 0 radical (unpaired) electrons. The van der Waals surface area contributed by atoms with Crippen LogP contribution in [0.5, 0.6) is 0 Å². The highest BCUT2D eigenvalue weighted by Gasteiger charge is 2.22. The summed E-state index contributed by atoms with van der Waals surface area (Å²) in [4.78, 5) is 39.3. The van der Waals surface area contributed by atoms with Crippen molar-refractivity contribution in [3.05, 3.63) is 35.3 Å². The van der Waals surface area contributed by atoms with E-state index in [4.69, 9.17) is 0 Å². The number of hydrogen-bond donors (Lipinski definition) is 3. The Bertz CT molecular complexity index is 807. The minimum atomic E-state index is -0.507. The summed E-state index contributed by atoms with van der Waals surface area (Å²) in [5, 5.41) is 10.4. The van der Waals surface area contributed by atoms with E-state index < -0.39 is 5.41 Å². The number of nitrogens with one attached hydrogen (secondary N) is 3. The SMILES string of the molecule is CC(=O)Nc1ccc(NC(=O)Cc2csc(NC(=O)C(C)(C)C)n2)cc1. The minimum absolute atomic E-state index is 0.106. The van der Waals surface area contributed by atoms with Crippen molar-refractivity contribution in [2.45, 2.75) is 34.1 Å². The van der Waals surface area contributed by atoms with Gasteiger partial charge in [-0.2, -0.15) is 0 Å². The van der Waals surface area contributed by atoms with E-state index in [9.17, 15) is 14.4 Å². The standard InChI is InChI=1S/C18H22N4O3S/c1-11(23)19-12-5-7-13(8-6-12)20-15(24)9-14-10-26-17(21-14)22-16(25)18(2,3)4/h5-8,10H,9H2,1-4H3,(H,19,23)(H,20,24)(H,21,22,25). The van der Waals surface area contributed by atoms with Crippen LogP contribution in [0, 0.1) is 5.41 Å². The van der Waals surface area contributed by atoms with E-state index in [0.29, 0.717) is 22.2 Å². The highest BCUT2D eigenvalue weighted by atomic mass is 32.1. The van der Waals surface area contributed by atoms with E-state index in [2.05, 4.69) is 20.9 Å². The molecule has 3 amide bonds. The Morgan fingerprint density at radius 3 is 2.12 bits per heavy atom. The van der Waals surface area contributed by atoms with E-state index in [1.807, 2.05) is 20.8 Å². The van der Waals surface area contributed by atoms with Gasteiger partial charge < -0.3 is 16.0 Å². The Morgan fingerprint density at radius 1 is 1.00 bits per heavy atom. The number of benzene rings is 1. The molecule has 8 heteroatoms. The van der Waals surface area contributed by atoms with Crippen LogP contribution in [0.25, 0.3) is 0 Å². The van der Waals surface area contributed by atoms with Gasteiger partial charge in [0.2, 0.25) is 17.7 Å². The third-order valence-electron chi connectivity index (χ3n) is 3.28. The topological polar surface area (TPSA) is 100 Å². The Morgan fingerprint density at radius 2 is 1.58 bits per heavy atom. The molecule has 138 valence electrons. The highest BCUT2D eigenvalue weighted by molar-refractivity contribution is 7.13. The summed E-state index contributed by atoms with van der Waals surface area (Å²) < 4.78 is 0. The molecule has 0 saturated heterocycles. The molecule has 0 unspecified atom stereocenters. The van der Waals surface area contributed by atoms with Crippen LogP contribution in [0.1, 0.15) is 33.4 Å². The lowest BCUT2D eigenvalue weighted by Gasteiger charge is -2.15. The second-order valence-electron chi connectivity index (χ2n) is 6.83. The van der Waals surface area contributed by atoms with Gasteiger partial charge in [-0.3, -0.25) is 14.4 Å². The van der Waals surface area contributed by atoms with E-state index in [-0.39, 0.29) is 24.1 Å². The van der Waals surface area contributed by atoms with Gasteiger partial charge in [-0.25, -0.2) is 4.98 Å². The number of amides is 3. The fourth-order valence-electron chi connectivity index (χ4n) is 1.94. The second kappa shape index (κ2) is 8.09. The lowest BCUT2D eigenvalue weighted by molar-refractivity contribution is -0.123. The number of carbonyl (C=O) groups is 3. The smallest absolute Gasteiger partial charge is 0.231 e. The zero-order valence-electron chi connectivity index (χ0n) is 15.2. The predicted octanol–water partition coefficient (Wildman–Crippen LogP) is 3.27. The van der Waals surface area contributed by atoms with Gasteiger partial charge in [-0.1, -0.05) is 20.8 Å². The number of nitrogens with zero attached hydrogens (tertiary/aromatic N) is 1. The number of anilines is 3. The third kappa shape index (κ3) is 5.96. The van der Waals surface area contributed by atoms with Gasteiger partial charge in [0.05, 0.1) is 12.1 Å². The summed E-state index contributed by atoms with van der Waals surface area (Å²) >= 11 is 1.29. The van der Waals surface area contributed by atoms with Crippen molar-refractivity contribution in [1.29, 1.82) is 0 Å². The molecule has 0 spiro atoms. The maximum Gasteiger partial charge on any atom is 0.231 e. The Balaban J connectivity index is 1.90. The van der Waals surface area contributed by atoms with Crippen molar-refractivity contribution in [3.8, 4) is 0 Å². The summed E-state index contributed by atoms with van der Waals surface area (Å²) in [5.41, 5.74) is 1.37. The Hall–Kier alpha value is -2.74. The molecule has 26 heavy (non-hydrogen) atoms. The van der Waals surface area contributed by atoms with Gasteiger partial charge in [-0.15, -0.1) is 11.3 Å². The molecule has 1 aromatic heterocycles. The quantitative estimate of drug-likeness (QED) is 0.748. The molecule has 0 aliphatic heterocycles. The largest absolute Gasteiger partial charge is 0.326 e. The highest BCUT2D eigenvalue weighted by Crippen LogP contribution is 2.21. The zero-order valence-corrected chi connectivity index (χ0v) is 16.0. The van der Waals surface area contributed by atoms with Crippen molar-refractivity contribution in [3.63, 3.8) is 0 Å². The fourth-order valence-corrected chi connectivity index (χ4v) is 2.65. The number of aromatic nitrogens is 1. The van der Waals surface area contributed by atoms with E-state index in [0.717, 1.165) is 0 Å². The normalized spacial score (nSPS) is 10.9. The van der Waals surface area contributed by atoms with Crippen molar-refractivity contribution < 1.29 is 14.4 Å². The molecule has 2 aromatic rings. The summed E-state index contributed by atoms with van der Waals surface area (Å²) in [5.74, 6) is -0.488. The summed E-state index contributed by atoms with van der Waals surface area (Å²) in [7, 11) is 0. The van der Waals surface area contributed by atoms with Gasteiger partial charge in [0.1, 0.15) is 0 Å². The first-order valence-corrected chi connectivity index (χ1v) is 8.95. The first-order chi connectivity index (χ1) is 12.1. The van der Waals surface area contributed by atoms with Crippen LogP contribution in [-0.4, -0.2) is 22.7 Å². The molecule has 7 nitrogen and oxygen atoms in total. The van der Waals surface area contributed by atoms with Gasteiger partial charge in [-0.05, 0) is 24.3 Å².